The van der Waals surface area contributed by atoms with Gasteiger partial charge in [0.25, 0.3) is 0 Å². The van der Waals surface area contributed by atoms with Crippen molar-refractivity contribution in [2.24, 2.45) is 0 Å². The highest BCUT2D eigenvalue weighted by Crippen LogP contribution is 2.19. The van der Waals surface area contributed by atoms with Crippen molar-refractivity contribution in [2.45, 2.75) is 38.6 Å². The number of unbranched alkanes of at least 4 members (excludes halogenated alkanes) is 1. The Morgan fingerprint density at radius 3 is 2.82 bits per heavy atom. The van der Waals surface area contributed by atoms with Crippen molar-refractivity contribution in [2.75, 3.05) is 13.7 Å². The number of nitrogens with zero attached hydrogens (tertiary/aromatic N) is 1. The first-order valence-electron chi connectivity index (χ1n) is 5.79. The first-order chi connectivity index (χ1) is 8.11. The molecule has 1 saturated heterocycles. The maximum atomic E-state index is 11.7. The van der Waals surface area contributed by atoms with Gasteiger partial charge in [0.2, 0.25) is 5.91 Å². The Morgan fingerprint density at radius 2 is 2.24 bits per heavy atom. The number of esters is 1. The highest BCUT2D eigenvalue weighted by atomic mass is 16.5. The van der Waals surface area contributed by atoms with Crippen LogP contribution in [0.15, 0.2) is 0 Å². The van der Waals surface area contributed by atoms with E-state index in [1.807, 2.05) is 6.92 Å². The summed E-state index contributed by atoms with van der Waals surface area (Å²) in [4.78, 5) is 35.7. The average molecular weight is 242 g/mol. The monoisotopic (exact) mass is 242 g/mol. The summed E-state index contributed by atoms with van der Waals surface area (Å²) in [5.74, 6) is -0.865. The lowest BCUT2D eigenvalue weighted by molar-refractivity contribution is -0.147. The number of amides is 3. The van der Waals surface area contributed by atoms with Crippen LogP contribution in [0.2, 0.25) is 0 Å². The van der Waals surface area contributed by atoms with Gasteiger partial charge in [-0.2, -0.15) is 0 Å². The van der Waals surface area contributed by atoms with Crippen LogP contribution < -0.4 is 5.32 Å². The Labute approximate surface area is 100 Å². The second-order valence-electron chi connectivity index (χ2n) is 3.93. The van der Waals surface area contributed by atoms with Gasteiger partial charge in [0.05, 0.1) is 7.11 Å². The van der Waals surface area contributed by atoms with E-state index in [1.165, 1.54) is 7.11 Å². The molecule has 3 amide bonds. The van der Waals surface area contributed by atoms with Crippen LogP contribution >= 0.6 is 0 Å². The number of carbonyl (C=O) groups excluding carboxylic acids is 3. The topological polar surface area (TPSA) is 75.7 Å². The summed E-state index contributed by atoms with van der Waals surface area (Å²) in [7, 11) is 1.25. The molecule has 17 heavy (non-hydrogen) atoms. The fraction of sp³-hybridized carbons (Fsp3) is 0.727. The quantitative estimate of drug-likeness (QED) is 0.580. The van der Waals surface area contributed by atoms with Crippen molar-refractivity contribution in [3.63, 3.8) is 0 Å². The van der Waals surface area contributed by atoms with E-state index in [4.69, 9.17) is 0 Å². The zero-order chi connectivity index (χ0) is 12.8. The van der Waals surface area contributed by atoms with Gasteiger partial charge in [-0.15, -0.1) is 0 Å². The van der Waals surface area contributed by atoms with Crippen LogP contribution in [0.5, 0.6) is 0 Å². The fourth-order valence-electron chi connectivity index (χ4n) is 1.75. The van der Waals surface area contributed by atoms with Gasteiger partial charge in [-0.3, -0.25) is 4.79 Å². The average Bonchev–Trinajstić information content (AvgIpc) is 2.70. The molecule has 1 aliphatic rings. The minimum atomic E-state index is -0.769. The molecule has 6 heteroatoms. The molecule has 0 aliphatic carbocycles. The highest BCUT2D eigenvalue weighted by Gasteiger charge is 2.40. The van der Waals surface area contributed by atoms with E-state index >= 15 is 0 Å². The molecule has 0 aromatic rings. The third-order valence-corrected chi connectivity index (χ3v) is 2.71. The largest absolute Gasteiger partial charge is 0.467 e. The summed E-state index contributed by atoms with van der Waals surface area (Å²) in [5.41, 5.74) is 0. The predicted molar refractivity (Wildman–Crippen MR) is 60.2 cm³/mol. The third-order valence-electron chi connectivity index (χ3n) is 2.71. The van der Waals surface area contributed by atoms with Crippen LogP contribution in [-0.4, -0.2) is 42.5 Å². The molecule has 1 rings (SSSR count). The molecule has 1 unspecified atom stereocenters. The maximum absolute atomic E-state index is 11.7. The molecular formula is C11H18N2O4. The van der Waals surface area contributed by atoms with Gasteiger partial charge in [0.1, 0.15) is 6.04 Å². The van der Waals surface area contributed by atoms with Crippen LogP contribution in [0.1, 0.15) is 32.6 Å². The van der Waals surface area contributed by atoms with Gasteiger partial charge >= 0.3 is 12.0 Å². The lowest BCUT2D eigenvalue weighted by Crippen LogP contribution is -2.48. The number of rotatable bonds is 4. The Morgan fingerprint density at radius 1 is 1.53 bits per heavy atom. The van der Waals surface area contributed by atoms with E-state index < -0.39 is 18.0 Å². The van der Waals surface area contributed by atoms with Gasteiger partial charge in [-0.05, 0) is 12.8 Å². The van der Waals surface area contributed by atoms with E-state index in [0.717, 1.165) is 17.7 Å². The maximum Gasteiger partial charge on any atom is 0.329 e. The first-order valence-corrected chi connectivity index (χ1v) is 5.79. The third kappa shape index (κ3) is 3.18. The molecule has 0 aromatic heterocycles. The minimum absolute atomic E-state index is 0.209. The van der Waals surface area contributed by atoms with Gasteiger partial charge in [0, 0.05) is 13.0 Å². The zero-order valence-corrected chi connectivity index (χ0v) is 10.2. The number of imide groups is 1. The summed E-state index contributed by atoms with van der Waals surface area (Å²) in [5, 5.41) is 2.62. The SMILES string of the molecule is CCCCNC(=O)N1C(=O)CCC1C(=O)OC. The number of nitrogens with one attached hydrogen (secondary N) is 1. The lowest BCUT2D eigenvalue weighted by atomic mass is 10.2. The summed E-state index contributed by atoms with van der Waals surface area (Å²) < 4.78 is 4.58. The molecule has 0 saturated carbocycles. The number of ether oxygens (including phenoxy) is 1. The van der Waals surface area contributed by atoms with E-state index in [2.05, 4.69) is 10.1 Å². The van der Waals surface area contributed by atoms with Crippen molar-refractivity contribution in [3.05, 3.63) is 0 Å². The van der Waals surface area contributed by atoms with Crippen LogP contribution in [0, 0.1) is 0 Å². The van der Waals surface area contributed by atoms with Crippen molar-refractivity contribution in [1.82, 2.24) is 10.2 Å². The molecule has 0 radical (unpaired) electrons. The van der Waals surface area contributed by atoms with Crippen molar-refractivity contribution in [3.8, 4) is 0 Å². The highest BCUT2D eigenvalue weighted by molar-refractivity contribution is 6.01. The molecule has 0 spiro atoms. The van der Waals surface area contributed by atoms with Crippen LogP contribution in [0.3, 0.4) is 0 Å². The number of hydrogen-bond donors (Lipinski definition) is 1. The van der Waals surface area contributed by atoms with Crippen molar-refractivity contribution >= 4 is 17.9 Å². The van der Waals surface area contributed by atoms with Crippen molar-refractivity contribution < 1.29 is 19.1 Å². The number of methoxy groups -OCH3 is 1. The predicted octanol–water partition coefficient (Wildman–Crippen LogP) is 0.660. The van der Waals surface area contributed by atoms with Gasteiger partial charge < -0.3 is 10.1 Å². The van der Waals surface area contributed by atoms with E-state index in [-0.39, 0.29) is 12.3 Å². The van der Waals surface area contributed by atoms with Crippen LogP contribution in [0.25, 0.3) is 0 Å². The molecule has 1 heterocycles. The number of urea groups is 1. The molecule has 0 aromatic carbocycles. The van der Waals surface area contributed by atoms with E-state index in [9.17, 15) is 14.4 Å². The summed E-state index contributed by atoms with van der Waals surface area (Å²) in [6.45, 7) is 2.51. The second-order valence-corrected chi connectivity index (χ2v) is 3.93. The second kappa shape index (κ2) is 6.22. The Hall–Kier alpha value is -1.59. The Bertz CT molecular complexity index is 317. The van der Waals surface area contributed by atoms with Gasteiger partial charge in [0.15, 0.2) is 0 Å². The fourth-order valence-corrected chi connectivity index (χ4v) is 1.75. The van der Waals surface area contributed by atoms with Gasteiger partial charge in [-0.1, -0.05) is 13.3 Å². The minimum Gasteiger partial charge on any atom is -0.467 e. The van der Waals surface area contributed by atoms with Gasteiger partial charge in [-0.25, -0.2) is 14.5 Å². The Balaban J connectivity index is 2.61. The standard InChI is InChI=1S/C11H18N2O4/c1-3-4-7-12-11(16)13-8(10(15)17-2)5-6-9(13)14/h8H,3-7H2,1-2H3,(H,12,16). The molecule has 0 bridgehead atoms. The smallest absolute Gasteiger partial charge is 0.329 e. The van der Waals surface area contributed by atoms with Crippen LogP contribution in [-0.2, 0) is 14.3 Å². The summed E-state index contributed by atoms with van der Waals surface area (Å²) in [6, 6.07) is -1.27. The molecular weight excluding hydrogens is 224 g/mol. The molecule has 1 fully saturated rings. The van der Waals surface area contributed by atoms with Crippen molar-refractivity contribution in [1.29, 1.82) is 0 Å². The first kappa shape index (κ1) is 13.5. The molecule has 6 nitrogen and oxygen atoms in total. The molecule has 1 atom stereocenters. The number of hydrogen-bond acceptors (Lipinski definition) is 4. The van der Waals surface area contributed by atoms with E-state index in [1.54, 1.807) is 0 Å². The van der Waals surface area contributed by atoms with Crippen LogP contribution in [0.4, 0.5) is 4.79 Å². The lowest BCUT2D eigenvalue weighted by Gasteiger charge is -2.21. The number of likely N-dealkylation sites (tertiary alicyclic amines) is 1. The number of carbonyl (C=O) groups is 3. The summed E-state index contributed by atoms with van der Waals surface area (Å²) >= 11 is 0. The molecule has 1 N–H and O–H groups in total. The molecule has 1 aliphatic heterocycles. The van der Waals surface area contributed by atoms with E-state index in [0.29, 0.717) is 13.0 Å². The zero-order valence-electron chi connectivity index (χ0n) is 10.2. The Kier molecular flexibility index (Phi) is 4.93. The molecule has 96 valence electrons. The normalized spacial score (nSPS) is 19.3. The summed E-state index contributed by atoms with van der Waals surface area (Å²) in [6.07, 6.45) is 2.35.